The Hall–Kier alpha value is -1.23. The van der Waals surface area contributed by atoms with Crippen LogP contribution in [0.1, 0.15) is 33.0 Å². The minimum absolute atomic E-state index is 0.102. The number of nitrogens with zero attached hydrogens (tertiary/aromatic N) is 3. The Balaban J connectivity index is 2.16. The van der Waals surface area contributed by atoms with Gasteiger partial charge in [0.1, 0.15) is 11.6 Å². The lowest BCUT2D eigenvalue weighted by atomic mass is 9.96. The van der Waals surface area contributed by atoms with Gasteiger partial charge >= 0.3 is 0 Å². The lowest BCUT2D eigenvalue weighted by molar-refractivity contribution is 0.0570. The van der Waals surface area contributed by atoms with Crippen molar-refractivity contribution >= 4 is 5.82 Å². The van der Waals surface area contributed by atoms with E-state index in [-0.39, 0.29) is 12.0 Å². The first-order chi connectivity index (χ1) is 8.84. The SMILES string of the molecule is COCC1(F)CCN(c2ccnc(C(C)(C)C)n2)C1. The van der Waals surface area contributed by atoms with Crippen LogP contribution in [0.2, 0.25) is 0 Å². The molecular weight excluding hydrogens is 245 g/mol. The first-order valence-corrected chi connectivity index (χ1v) is 6.60. The zero-order valence-electron chi connectivity index (χ0n) is 12.1. The molecule has 2 heterocycles. The summed E-state index contributed by atoms with van der Waals surface area (Å²) in [5.41, 5.74) is -1.36. The van der Waals surface area contributed by atoms with Gasteiger partial charge in [-0.05, 0) is 6.07 Å². The van der Waals surface area contributed by atoms with Crippen molar-refractivity contribution in [1.82, 2.24) is 9.97 Å². The first kappa shape index (κ1) is 14.2. The number of halogens is 1. The molecule has 1 saturated heterocycles. The second kappa shape index (κ2) is 5.04. The Morgan fingerprint density at radius 2 is 2.21 bits per heavy atom. The molecule has 0 bridgehead atoms. The van der Waals surface area contributed by atoms with E-state index in [1.165, 1.54) is 7.11 Å². The third-order valence-electron chi connectivity index (χ3n) is 3.34. The monoisotopic (exact) mass is 267 g/mol. The molecule has 19 heavy (non-hydrogen) atoms. The highest BCUT2D eigenvalue weighted by atomic mass is 19.1. The summed E-state index contributed by atoms with van der Waals surface area (Å²) in [6.07, 6.45) is 2.23. The number of hydrogen-bond acceptors (Lipinski definition) is 4. The van der Waals surface area contributed by atoms with Crippen LogP contribution < -0.4 is 4.90 Å². The van der Waals surface area contributed by atoms with Gasteiger partial charge in [-0.25, -0.2) is 14.4 Å². The van der Waals surface area contributed by atoms with E-state index in [1.807, 2.05) is 11.0 Å². The summed E-state index contributed by atoms with van der Waals surface area (Å²) in [6.45, 7) is 7.35. The summed E-state index contributed by atoms with van der Waals surface area (Å²) < 4.78 is 19.3. The fourth-order valence-corrected chi connectivity index (χ4v) is 2.29. The summed E-state index contributed by atoms with van der Waals surface area (Å²) >= 11 is 0. The largest absolute Gasteiger partial charge is 0.381 e. The van der Waals surface area contributed by atoms with E-state index in [0.29, 0.717) is 19.5 Å². The topological polar surface area (TPSA) is 38.2 Å². The van der Waals surface area contributed by atoms with Crippen molar-refractivity contribution in [3.8, 4) is 0 Å². The molecule has 0 amide bonds. The molecule has 0 N–H and O–H groups in total. The Kier molecular flexibility index (Phi) is 3.76. The van der Waals surface area contributed by atoms with Crippen molar-refractivity contribution in [3.05, 3.63) is 18.1 Å². The van der Waals surface area contributed by atoms with Gasteiger partial charge in [-0.1, -0.05) is 20.8 Å². The van der Waals surface area contributed by atoms with Gasteiger partial charge in [-0.2, -0.15) is 0 Å². The van der Waals surface area contributed by atoms with E-state index in [0.717, 1.165) is 11.6 Å². The predicted molar refractivity (Wildman–Crippen MR) is 73.3 cm³/mol. The Bertz CT molecular complexity index is 447. The van der Waals surface area contributed by atoms with E-state index >= 15 is 0 Å². The van der Waals surface area contributed by atoms with Crippen molar-refractivity contribution in [2.45, 2.75) is 38.3 Å². The van der Waals surface area contributed by atoms with Crippen LogP contribution in [0.25, 0.3) is 0 Å². The molecule has 0 aliphatic carbocycles. The summed E-state index contributed by atoms with van der Waals surface area (Å²) in [5, 5.41) is 0. The number of anilines is 1. The van der Waals surface area contributed by atoms with Crippen molar-refractivity contribution in [2.75, 3.05) is 31.7 Å². The van der Waals surface area contributed by atoms with Gasteiger partial charge in [0.25, 0.3) is 0 Å². The average Bonchev–Trinajstić information content (AvgIpc) is 2.71. The number of rotatable bonds is 3. The molecule has 1 aliphatic heterocycles. The average molecular weight is 267 g/mol. The maximum absolute atomic E-state index is 14.4. The Morgan fingerprint density at radius 3 is 2.84 bits per heavy atom. The molecule has 1 aliphatic rings. The van der Waals surface area contributed by atoms with Crippen LogP contribution in [0, 0.1) is 0 Å². The van der Waals surface area contributed by atoms with Crippen molar-refractivity contribution in [2.24, 2.45) is 0 Å². The standard InChI is InChI=1S/C14H22FN3O/c1-13(2,3)12-16-7-5-11(17-12)18-8-6-14(15,9-18)10-19-4/h5,7H,6,8-10H2,1-4H3. The normalized spacial score (nSPS) is 23.9. The minimum atomic E-state index is -1.26. The van der Waals surface area contributed by atoms with Gasteiger partial charge in [0.15, 0.2) is 5.67 Å². The summed E-state index contributed by atoms with van der Waals surface area (Å²) in [4.78, 5) is 10.8. The molecule has 0 saturated carbocycles. The summed E-state index contributed by atoms with van der Waals surface area (Å²) in [5.74, 6) is 1.59. The molecule has 0 aromatic carbocycles. The fourth-order valence-electron chi connectivity index (χ4n) is 2.29. The highest BCUT2D eigenvalue weighted by Crippen LogP contribution is 2.30. The number of aromatic nitrogens is 2. The molecule has 106 valence electrons. The van der Waals surface area contributed by atoms with Gasteiger partial charge in [0, 0.05) is 31.7 Å². The highest BCUT2D eigenvalue weighted by molar-refractivity contribution is 5.40. The van der Waals surface area contributed by atoms with E-state index in [2.05, 4.69) is 30.7 Å². The maximum atomic E-state index is 14.4. The van der Waals surface area contributed by atoms with Crippen LogP contribution in [0.5, 0.6) is 0 Å². The second-order valence-electron chi connectivity index (χ2n) is 6.24. The van der Waals surface area contributed by atoms with Gasteiger partial charge in [-0.15, -0.1) is 0 Å². The highest BCUT2D eigenvalue weighted by Gasteiger charge is 2.39. The van der Waals surface area contributed by atoms with Gasteiger partial charge in [-0.3, -0.25) is 0 Å². The zero-order chi connectivity index (χ0) is 14.1. The van der Waals surface area contributed by atoms with Crippen LogP contribution in [-0.2, 0) is 10.2 Å². The van der Waals surface area contributed by atoms with E-state index in [1.54, 1.807) is 6.20 Å². The molecule has 1 fully saturated rings. The summed E-state index contributed by atoms with van der Waals surface area (Å²) in [6, 6.07) is 1.84. The minimum Gasteiger partial charge on any atom is -0.381 e. The lowest BCUT2D eigenvalue weighted by Gasteiger charge is -2.23. The summed E-state index contributed by atoms with van der Waals surface area (Å²) in [7, 11) is 1.53. The predicted octanol–water partition coefficient (Wildman–Crippen LogP) is 2.34. The Labute approximate surface area is 114 Å². The zero-order valence-corrected chi connectivity index (χ0v) is 12.1. The molecule has 5 heteroatoms. The number of methoxy groups -OCH3 is 1. The van der Waals surface area contributed by atoms with E-state index in [4.69, 9.17) is 4.74 Å². The third kappa shape index (κ3) is 3.21. The molecule has 1 aromatic heterocycles. The molecular formula is C14H22FN3O. The van der Waals surface area contributed by atoms with Crippen molar-refractivity contribution in [3.63, 3.8) is 0 Å². The number of alkyl halides is 1. The smallest absolute Gasteiger partial charge is 0.153 e. The molecule has 2 rings (SSSR count). The molecule has 1 aromatic rings. The second-order valence-corrected chi connectivity index (χ2v) is 6.24. The van der Waals surface area contributed by atoms with Crippen LogP contribution in [0.15, 0.2) is 12.3 Å². The quantitative estimate of drug-likeness (QED) is 0.842. The van der Waals surface area contributed by atoms with Crippen LogP contribution in [-0.4, -0.2) is 42.4 Å². The van der Waals surface area contributed by atoms with Crippen LogP contribution in [0.3, 0.4) is 0 Å². The van der Waals surface area contributed by atoms with Crippen LogP contribution >= 0.6 is 0 Å². The maximum Gasteiger partial charge on any atom is 0.153 e. The third-order valence-corrected chi connectivity index (χ3v) is 3.34. The fraction of sp³-hybridized carbons (Fsp3) is 0.714. The van der Waals surface area contributed by atoms with Crippen molar-refractivity contribution in [1.29, 1.82) is 0 Å². The van der Waals surface area contributed by atoms with Gasteiger partial charge in [0.05, 0.1) is 13.2 Å². The number of ether oxygens (including phenoxy) is 1. The van der Waals surface area contributed by atoms with Gasteiger partial charge < -0.3 is 9.64 Å². The molecule has 1 unspecified atom stereocenters. The first-order valence-electron chi connectivity index (χ1n) is 6.60. The Morgan fingerprint density at radius 1 is 1.47 bits per heavy atom. The lowest BCUT2D eigenvalue weighted by Crippen LogP contribution is -2.33. The number of hydrogen-bond donors (Lipinski definition) is 0. The molecule has 4 nitrogen and oxygen atoms in total. The molecule has 0 spiro atoms. The van der Waals surface area contributed by atoms with Gasteiger partial charge in [0.2, 0.25) is 0 Å². The van der Waals surface area contributed by atoms with E-state index in [9.17, 15) is 4.39 Å². The molecule has 0 radical (unpaired) electrons. The van der Waals surface area contributed by atoms with Crippen molar-refractivity contribution < 1.29 is 9.13 Å². The molecule has 1 atom stereocenters. The van der Waals surface area contributed by atoms with Crippen LogP contribution in [0.4, 0.5) is 10.2 Å². The van der Waals surface area contributed by atoms with E-state index < -0.39 is 5.67 Å².